The number of aromatic nitrogens is 2. The number of hydrogen-bond donors (Lipinski definition) is 2. The number of phenols is 1. The van der Waals surface area contributed by atoms with E-state index in [0.717, 1.165) is 23.6 Å². The molecule has 112 valence electrons. The van der Waals surface area contributed by atoms with Gasteiger partial charge in [-0.1, -0.05) is 0 Å². The summed E-state index contributed by atoms with van der Waals surface area (Å²) in [5.41, 5.74) is 1.55. The van der Waals surface area contributed by atoms with Crippen molar-refractivity contribution in [2.24, 2.45) is 0 Å². The Morgan fingerprint density at radius 2 is 2.00 bits per heavy atom. The van der Waals surface area contributed by atoms with E-state index in [2.05, 4.69) is 15.3 Å². The van der Waals surface area contributed by atoms with Crippen LogP contribution in [0, 0.1) is 0 Å². The molecule has 0 aliphatic carbocycles. The van der Waals surface area contributed by atoms with Crippen molar-refractivity contribution in [3.05, 3.63) is 30.0 Å². The van der Waals surface area contributed by atoms with Crippen LogP contribution in [0.5, 0.6) is 11.5 Å². The van der Waals surface area contributed by atoms with Gasteiger partial charge in [-0.25, -0.2) is 9.97 Å². The monoisotopic (exact) mass is 289 g/mol. The first-order valence-electron chi connectivity index (χ1n) is 6.66. The van der Waals surface area contributed by atoms with Crippen LogP contribution in [-0.4, -0.2) is 35.8 Å². The lowest BCUT2D eigenvalue weighted by Gasteiger charge is -2.10. The molecule has 0 aliphatic rings. The minimum atomic E-state index is 0.0844. The van der Waals surface area contributed by atoms with Gasteiger partial charge in [0.05, 0.1) is 19.4 Å². The standard InChI is InChI=1S/C15H19N3O3/c1-4-16-14-8-11(9-20-2)17-15(18-14)10-5-6-12(19)13(7-10)21-3/h5-8,19H,4,9H2,1-3H3,(H,16,17,18). The highest BCUT2D eigenvalue weighted by Gasteiger charge is 2.10. The lowest BCUT2D eigenvalue weighted by molar-refractivity contribution is 0.181. The summed E-state index contributed by atoms with van der Waals surface area (Å²) in [5, 5.41) is 12.8. The molecule has 0 atom stereocenters. The first kappa shape index (κ1) is 15.1. The highest BCUT2D eigenvalue weighted by molar-refractivity contribution is 5.62. The van der Waals surface area contributed by atoms with Crippen molar-refractivity contribution in [2.45, 2.75) is 13.5 Å². The number of ether oxygens (including phenoxy) is 2. The summed E-state index contributed by atoms with van der Waals surface area (Å²) in [6.45, 7) is 3.17. The van der Waals surface area contributed by atoms with Crippen LogP contribution in [0.15, 0.2) is 24.3 Å². The van der Waals surface area contributed by atoms with Gasteiger partial charge in [-0.2, -0.15) is 0 Å². The van der Waals surface area contributed by atoms with E-state index in [9.17, 15) is 5.11 Å². The van der Waals surface area contributed by atoms with Gasteiger partial charge in [-0.3, -0.25) is 0 Å². The van der Waals surface area contributed by atoms with E-state index in [1.807, 2.05) is 13.0 Å². The Morgan fingerprint density at radius 3 is 2.67 bits per heavy atom. The lowest BCUT2D eigenvalue weighted by Crippen LogP contribution is -2.04. The summed E-state index contributed by atoms with van der Waals surface area (Å²) in [6, 6.07) is 6.87. The van der Waals surface area contributed by atoms with Crippen molar-refractivity contribution in [1.29, 1.82) is 0 Å². The minimum absolute atomic E-state index is 0.0844. The minimum Gasteiger partial charge on any atom is -0.504 e. The number of methoxy groups -OCH3 is 2. The van der Waals surface area contributed by atoms with E-state index in [0.29, 0.717) is 18.2 Å². The van der Waals surface area contributed by atoms with Crippen LogP contribution in [0.25, 0.3) is 11.4 Å². The summed E-state index contributed by atoms with van der Waals surface area (Å²) >= 11 is 0. The number of aromatic hydroxyl groups is 1. The van der Waals surface area contributed by atoms with Crippen molar-refractivity contribution >= 4 is 5.82 Å². The zero-order valence-corrected chi connectivity index (χ0v) is 12.4. The summed E-state index contributed by atoms with van der Waals surface area (Å²) < 4.78 is 10.2. The van der Waals surface area contributed by atoms with Crippen molar-refractivity contribution < 1.29 is 14.6 Å². The van der Waals surface area contributed by atoms with Gasteiger partial charge in [-0.15, -0.1) is 0 Å². The van der Waals surface area contributed by atoms with Crippen molar-refractivity contribution in [3.63, 3.8) is 0 Å². The quantitative estimate of drug-likeness (QED) is 0.850. The van der Waals surface area contributed by atoms with E-state index in [4.69, 9.17) is 9.47 Å². The second-order valence-electron chi connectivity index (χ2n) is 4.42. The predicted octanol–water partition coefficient (Wildman–Crippen LogP) is 2.44. The maximum Gasteiger partial charge on any atom is 0.161 e. The van der Waals surface area contributed by atoms with E-state index in [1.165, 1.54) is 7.11 Å². The zero-order valence-electron chi connectivity index (χ0n) is 12.4. The molecule has 0 radical (unpaired) electrons. The molecule has 6 nitrogen and oxygen atoms in total. The number of benzene rings is 1. The second-order valence-corrected chi connectivity index (χ2v) is 4.42. The first-order valence-corrected chi connectivity index (χ1v) is 6.66. The van der Waals surface area contributed by atoms with Crippen LogP contribution in [0.3, 0.4) is 0 Å². The normalized spacial score (nSPS) is 10.4. The van der Waals surface area contributed by atoms with Gasteiger partial charge < -0.3 is 19.9 Å². The van der Waals surface area contributed by atoms with E-state index in [-0.39, 0.29) is 5.75 Å². The SMILES string of the molecule is CCNc1cc(COC)nc(-c2ccc(O)c(OC)c2)n1. The fraction of sp³-hybridized carbons (Fsp3) is 0.333. The first-order chi connectivity index (χ1) is 10.2. The van der Waals surface area contributed by atoms with Gasteiger partial charge >= 0.3 is 0 Å². The molecule has 0 saturated carbocycles. The van der Waals surface area contributed by atoms with Gasteiger partial charge in [0.2, 0.25) is 0 Å². The molecule has 0 amide bonds. The number of hydrogen-bond acceptors (Lipinski definition) is 6. The fourth-order valence-electron chi connectivity index (χ4n) is 1.94. The van der Waals surface area contributed by atoms with E-state index in [1.54, 1.807) is 25.3 Å². The molecule has 0 spiro atoms. The van der Waals surface area contributed by atoms with Gasteiger partial charge in [0.1, 0.15) is 5.82 Å². The third-order valence-corrected chi connectivity index (χ3v) is 2.87. The van der Waals surface area contributed by atoms with Crippen LogP contribution in [-0.2, 0) is 11.3 Å². The molecule has 0 bridgehead atoms. The molecular formula is C15H19N3O3. The molecule has 2 N–H and O–H groups in total. The molecule has 0 aliphatic heterocycles. The molecular weight excluding hydrogens is 270 g/mol. The second kappa shape index (κ2) is 6.90. The molecule has 0 saturated heterocycles. The number of rotatable bonds is 6. The van der Waals surface area contributed by atoms with Crippen molar-refractivity contribution in [1.82, 2.24) is 9.97 Å². The Labute approximate surface area is 123 Å². The third kappa shape index (κ3) is 3.61. The molecule has 2 aromatic rings. The molecule has 0 fully saturated rings. The van der Waals surface area contributed by atoms with Crippen LogP contribution >= 0.6 is 0 Å². The maximum absolute atomic E-state index is 9.66. The highest BCUT2D eigenvalue weighted by atomic mass is 16.5. The van der Waals surface area contributed by atoms with Crippen LogP contribution in [0.4, 0.5) is 5.82 Å². The van der Waals surface area contributed by atoms with Crippen LogP contribution in [0.1, 0.15) is 12.6 Å². The van der Waals surface area contributed by atoms with E-state index >= 15 is 0 Å². The largest absolute Gasteiger partial charge is 0.504 e. The summed E-state index contributed by atoms with van der Waals surface area (Å²) in [5.74, 6) is 1.76. The summed E-state index contributed by atoms with van der Waals surface area (Å²) in [6.07, 6.45) is 0. The average molecular weight is 289 g/mol. The molecule has 6 heteroatoms. The Bertz CT molecular complexity index is 593. The molecule has 1 aromatic heterocycles. The van der Waals surface area contributed by atoms with Crippen molar-refractivity contribution in [2.75, 3.05) is 26.1 Å². The topological polar surface area (TPSA) is 76.5 Å². The highest BCUT2D eigenvalue weighted by Crippen LogP contribution is 2.30. The Kier molecular flexibility index (Phi) is 4.94. The van der Waals surface area contributed by atoms with Crippen LogP contribution < -0.4 is 10.1 Å². The van der Waals surface area contributed by atoms with Crippen LogP contribution in [0.2, 0.25) is 0 Å². The Morgan fingerprint density at radius 1 is 1.19 bits per heavy atom. The number of phenolic OH excluding ortho intramolecular Hbond substituents is 1. The molecule has 1 heterocycles. The summed E-state index contributed by atoms with van der Waals surface area (Å²) in [7, 11) is 3.13. The van der Waals surface area contributed by atoms with E-state index < -0.39 is 0 Å². The maximum atomic E-state index is 9.66. The molecule has 1 aromatic carbocycles. The number of nitrogens with zero attached hydrogens (tertiary/aromatic N) is 2. The summed E-state index contributed by atoms with van der Waals surface area (Å²) in [4.78, 5) is 8.93. The fourth-order valence-corrected chi connectivity index (χ4v) is 1.94. The van der Waals surface area contributed by atoms with Gasteiger partial charge in [0, 0.05) is 25.3 Å². The molecule has 21 heavy (non-hydrogen) atoms. The Hall–Kier alpha value is -2.34. The third-order valence-electron chi connectivity index (χ3n) is 2.87. The van der Waals surface area contributed by atoms with Crippen molar-refractivity contribution in [3.8, 4) is 22.9 Å². The predicted molar refractivity (Wildman–Crippen MR) is 80.6 cm³/mol. The van der Waals surface area contributed by atoms with Gasteiger partial charge in [0.15, 0.2) is 17.3 Å². The lowest BCUT2D eigenvalue weighted by atomic mass is 10.2. The van der Waals surface area contributed by atoms with Gasteiger partial charge in [-0.05, 0) is 25.1 Å². The molecule has 2 rings (SSSR count). The molecule has 0 unspecified atom stereocenters. The average Bonchev–Trinajstić information content (AvgIpc) is 2.48. The zero-order chi connectivity index (χ0) is 15.2. The number of anilines is 1. The smallest absolute Gasteiger partial charge is 0.161 e. The Balaban J connectivity index is 2.46. The number of nitrogens with one attached hydrogen (secondary N) is 1. The van der Waals surface area contributed by atoms with Gasteiger partial charge in [0.25, 0.3) is 0 Å².